The summed E-state index contributed by atoms with van der Waals surface area (Å²) < 4.78 is 14.3. The van der Waals surface area contributed by atoms with E-state index in [-0.39, 0.29) is 59.6 Å². The van der Waals surface area contributed by atoms with Gasteiger partial charge < -0.3 is 35.0 Å². The van der Waals surface area contributed by atoms with Crippen LogP contribution in [0.3, 0.4) is 0 Å². The van der Waals surface area contributed by atoms with E-state index in [0.717, 1.165) is 47.8 Å². The minimum atomic E-state index is -0.846. The number of aliphatic hydroxyl groups is 1. The first kappa shape index (κ1) is 49.4. The zero-order valence-electron chi connectivity index (χ0n) is 40.5. The van der Waals surface area contributed by atoms with Gasteiger partial charge in [-0.15, -0.1) is 11.3 Å². The maximum absolute atomic E-state index is 14.3. The fraction of sp³-hybridized carbons (Fsp3) is 0.481. The summed E-state index contributed by atoms with van der Waals surface area (Å²) in [6.45, 7) is 18.3. The smallest absolute Gasteiger partial charge is 0.251 e. The van der Waals surface area contributed by atoms with Crippen LogP contribution in [0, 0.1) is 40.9 Å². The number of aryl methyl sites for hydroxylation is 1. The molecule has 3 aliphatic rings. The number of carbonyl (C=O) groups excluding carboxylic acids is 3. The first-order chi connectivity index (χ1) is 32.8. The Morgan fingerprint density at radius 2 is 1.71 bits per heavy atom. The lowest BCUT2D eigenvalue weighted by Gasteiger charge is -2.63. The summed E-state index contributed by atoms with van der Waals surface area (Å²) in [5.41, 5.74) is 5.68. The van der Waals surface area contributed by atoms with Crippen LogP contribution in [-0.4, -0.2) is 98.0 Å². The standard InChI is InChI=1S/C52H62ClN9O6S/c1-30(2)44(48(66)61-26-38(63)21-43(61)47(65)58-31(3)42-16-12-36(24-55-42)45-32(4)56-29-69-45)62-27-40(25-57-62)67-28-33-17-19-60(20-18-33)37-13-9-34(10-14-37)46(64)59-49-51(5,6)50(52(49,7)8)68-39-15-11-35(23-54)41(53)22-39/h9-16,22,24-25,27,29-31,33,38,43-44,49-50,63H,17-21,26,28H2,1-8H3,(H,58,65)(H,59,64)/t31-,38+,43-,44-,49-,50-/m0/s1. The SMILES string of the molecule is Cc1ncsc1-c1ccc([C@H](C)NC(=O)[C@@H]2C[C@@H](O)CN2C(=O)[C@H](C(C)C)n2cc(OCC3CCN(c4ccc(C(=O)N[C@H]5C(C)(C)[C@H](Oc6ccc(C#N)c(Cl)c6)C5(C)C)cc4)CC3)cn2)nc1. The molecular weight excluding hydrogens is 914 g/mol. The number of ether oxygens (including phenoxy) is 2. The van der Waals surface area contributed by atoms with Crippen LogP contribution >= 0.6 is 22.9 Å². The number of amides is 3. The van der Waals surface area contributed by atoms with E-state index in [4.69, 9.17) is 21.1 Å². The Labute approximate surface area is 413 Å². The molecule has 1 aliphatic carbocycles. The number of anilines is 1. The molecule has 5 heterocycles. The zero-order chi connectivity index (χ0) is 49.4. The van der Waals surface area contributed by atoms with Crippen LogP contribution in [-0.2, 0) is 9.59 Å². The summed E-state index contributed by atoms with van der Waals surface area (Å²) >= 11 is 7.82. The monoisotopic (exact) mass is 975 g/mol. The van der Waals surface area contributed by atoms with Gasteiger partial charge in [-0.2, -0.15) is 10.4 Å². The molecule has 17 heteroatoms. The Bertz CT molecular complexity index is 2670. The van der Waals surface area contributed by atoms with Gasteiger partial charge in [0.15, 0.2) is 5.75 Å². The highest BCUT2D eigenvalue weighted by Gasteiger charge is 2.64. The van der Waals surface area contributed by atoms with Gasteiger partial charge in [-0.25, -0.2) is 4.98 Å². The fourth-order valence-electron chi connectivity index (χ4n) is 10.7. The van der Waals surface area contributed by atoms with E-state index >= 15 is 0 Å². The molecule has 0 bridgehead atoms. The molecule has 1 saturated carbocycles. The number of piperidine rings is 1. The minimum Gasteiger partial charge on any atom is -0.490 e. The van der Waals surface area contributed by atoms with Gasteiger partial charge >= 0.3 is 0 Å². The number of nitriles is 1. The van der Waals surface area contributed by atoms with Crippen molar-refractivity contribution < 1.29 is 29.0 Å². The number of benzene rings is 2. The van der Waals surface area contributed by atoms with Gasteiger partial charge in [-0.3, -0.25) is 24.0 Å². The predicted octanol–water partition coefficient (Wildman–Crippen LogP) is 8.18. The zero-order valence-corrected chi connectivity index (χ0v) is 42.1. The number of halogens is 1. The second kappa shape index (κ2) is 20.1. The van der Waals surface area contributed by atoms with E-state index in [1.54, 1.807) is 58.3 Å². The van der Waals surface area contributed by atoms with Gasteiger partial charge in [0.05, 0.1) is 63.5 Å². The van der Waals surface area contributed by atoms with Crippen molar-refractivity contribution in [1.29, 1.82) is 5.26 Å². The fourth-order valence-corrected chi connectivity index (χ4v) is 11.7. The van der Waals surface area contributed by atoms with Crippen molar-refractivity contribution in [2.75, 3.05) is 31.1 Å². The van der Waals surface area contributed by atoms with E-state index < -0.39 is 24.2 Å². The van der Waals surface area contributed by atoms with Crippen LogP contribution in [0.4, 0.5) is 5.69 Å². The van der Waals surface area contributed by atoms with E-state index in [0.29, 0.717) is 45.9 Å². The molecule has 3 fully saturated rings. The third kappa shape index (κ3) is 10.3. The minimum absolute atomic E-state index is 0.0486. The molecule has 2 aromatic carbocycles. The number of β-amino-alcohol motifs (C(OH)–C–C–N with tert-alkyl or cyclic N) is 1. The summed E-state index contributed by atoms with van der Waals surface area (Å²) in [6, 6.07) is 16.6. The van der Waals surface area contributed by atoms with E-state index in [9.17, 15) is 24.8 Å². The molecule has 3 amide bonds. The third-order valence-corrected chi connectivity index (χ3v) is 15.5. The van der Waals surface area contributed by atoms with Gasteiger partial charge in [-0.1, -0.05) is 59.2 Å². The van der Waals surface area contributed by atoms with Crippen molar-refractivity contribution in [2.45, 2.75) is 111 Å². The van der Waals surface area contributed by atoms with Gasteiger partial charge in [0, 0.05) is 72.0 Å². The summed E-state index contributed by atoms with van der Waals surface area (Å²) in [6.07, 6.45) is 6.09. The summed E-state index contributed by atoms with van der Waals surface area (Å²) in [5, 5.41) is 31.2. The number of nitrogens with zero attached hydrogens (tertiary/aromatic N) is 7. The second-order valence-electron chi connectivity index (χ2n) is 20.3. The number of carbonyl (C=O) groups is 3. The Kier molecular flexibility index (Phi) is 14.4. The Balaban J connectivity index is 0.804. The molecule has 15 nitrogen and oxygen atoms in total. The van der Waals surface area contributed by atoms with Crippen LogP contribution in [0.25, 0.3) is 10.4 Å². The van der Waals surface area contributed by atoms with Crippen molar-refractivity contribution in [3.05, 3.63) is 106 Å². The number of hydrogen-bond donors (Lipinski definition) is 3. The van der Waals surface area contributed by atoms with Gasteiger partial charge in [-0.05, 0) is 81.0 Å². The molecule has 3 N–H and O–H groups in total. The molecule has 0 spiro atoms. The maximum atomic E-state index is 14.3. The summed E-state index contributed by atoms with van der Waals surface area (Å²) in [7, 11) is 0. The second-order valence-corrected chi connectivity index (χ2v) is 21.6. The first-order valence-corrected chi connectivity index (χ1v) is 25.0. The molecule has 364 valence electrons. The normalized spacial score (nSPS) is 21.8. The lowest BCUT2D eigenvalue weighted by Crippen LogP contribution is -2.74. The lowest BCUT2D eigenvalue weighted by molar-refractivity contribution is -0.164. The number of aromatic nitrogens is 4. The number of thiazole rings is 1. The average Bonchev–Trinajstić information content (AvgIpc) is 4.09. The van der Waals surface area contributed by atoms with E-state index in [2.05, 4.69) is 64.4 Å². The van der Waals surface area contributed by atoms with Crippen molar-refractivity contribution in [3.8, 4) is 28.0 Å². The molecule has 0 unspecified atom stereocenters. The highest BCUT2D eigenvalue weighted by molar-refractivity contribution is 7.13. The number of likely N-dealkylation sites (tertiary alicyclic amines) is 1. The third-order valence-electron chi connectivity index (χ3n) is 14.2. The first-order valence-electron chi connectivity index (χ1n) is 23.7. The molecule has 69 heavy (non-hydrogen) atoms. The molecule has 0 radical (unpaired) electrons. The predicted molar refractivity (Wildman–Crippen MR) is 265 cm³/mol. The van der Waals surface area contributed by atoms with Gasteiger partial charge in [0.2, 0.25) is 11.8 Å². The van der Waals surface area contributed by atoms with Crippen LogP contribution in [0.1, 0.15) is 107 Å². The number of pyridine rings is 1. The number of rotatable bonds is 15. The topological polar surface area (TPSA) is 188 Å². The van der Waals surface area contributed by atoms with Gasteiger partial charge in [0.1, 0.15) is 30.0 Å². The van der Waals surface area contributed by atoms with Crippen molar-refractivity contribution in [3.63, 3.8) is 0 Å². The molecular formula is C52H62ClN9O6S. The molecule has 5 aromatic rings. The van der Waals surface area contributed by atoms with Crippen molar-refractivity contribution in [2.24, 2.45) is 22.7 Å². The summed E-state index contributed by atoms with van der Waals surface area (Å²) in [4.78, 5) is 55.3. The van der Waals surface area contributed by atoms with Crippen LogP contribution < -0.4 is 25.0 Å². The number of hydrogen-bond acceptors (Lipinski definition) is 12. The summed E-state index contributed by atoms with van der Waals surface area (Å²) in [5.74, 6) is 0.531. The van der Waals surface area contributed by atoms with E-state index in [1.807, 2.05) is 64.1 Å². The Hall–Kier alpha value is -6.02. The Morgan fingerprint density at radius 3 is 2.33 bits per heavy atom. The lowest BCUT2D eigenvalue weighted by atomic mass is 9.49. The van der Waals surface area contributed by atoms with Crippen LogP contribution in [0.5, 0.6) is 11.5 Å². The van der Waals surface area contributed by atoms with E-state index in [1.165, 1.54) is 4.90 Å². The molecule has 2 aliphatic heterocycles. The number of nitrogens with one attached hydrogen (secondary N) is 2. The molecule has 2 saturated heterocycles. The van der Waals surface area contributed by atoms with Crippen LogP contribution in [0.2, 0.25) is 5.02 Å². The quantitative estimate of drug-likeness (QED) is 0.0918. The average molecular weight is 977 g/mol. The number of aliphatic hydroxyl groups excluding tert-OH is 1. The maximum Gasteiger partial charge on any atom is 0.251 e. The molecule has 8 rings (SSSR count). The Morgan fingerprint density at radius 1 is 0.986 bits per heavy atom. The molecule has 3 aromatic heterocycles. The largest absolute Gasteiger partial charge is 0.490 e. The van der Waals surface area contributed by atoms with Crippen molar-refractivity contribution >= 4 is 46.3 Å². The highest BCUT2D eigenvalue weighted by Crippen LogP contribution is 2.55. The van der Waals surface area contributed by atoms with Gasteiger partial charge in [0.25, 0.3) is 5.91 Å². The van der Waals surface area contributed by atoms with Crippen LogP contribution in [0.15, 0.2) is 78.7 Å². The van der Waals surface area contributed by atoms with Crippen molar-refractivity contribution in [1.82, 2.24) is 35.3 Å². The molecule has 4 atom stereocenters. The highest BCUT2D eigenvalue weighted by atomic mass is 35.5.